The number of esters is 2. The van der Waals surface area contributed by atoms with E-state index in [0.717, 1.165) is 0 Å². The summed E-state index contributed by atoms with van der Waals surface area (Å²) in [4.78, 5) is 25.4. The van der Waals surface area contributed by atoms with Gasteiger partial charge in [0, 0.05) is 0 Å². The Balaban J connectivity index is 5.03. The minimum absolute atomic E-state index is 0.294. The van der Waals surface area contributed by atoms with Crippen molar-refractivity contribution in [2.75, 3.05) is 27.3 Å². The average molecular weight is 245 g/mol. The van der Waals surface area contributed by atoms with E-state index >= 15 is 0 Å². The van der Waals surface area contributed by atoms with E-state index in [4.69, 9.17) is 9.47 Å². The molecule has 0 amide bonds. The van der Waals surface area contributed by atoms with Gasteiger partial charge in [-0.1, -0.05) is 0 Å². The van der Waals surface area contributed by atoms with Gasteiger partial charge in [-0.15, -0.1) is 0 Å². The summed E-state index contributed by atoms with van der Waals surface area (Å²) in [6.45, 7) is 7.44. The maximum atomic E-state index is 11.9. The van der Waals surface area contributed by atoms with Gasteiger partial charge < -0.3 is 9.47 Å². The molecule has 0 radical (unpaired) electrons. The fourth-order valence-corrected chi connectivity index (χ4v) is 1.80. The minimum Gasteiger partial charge on any atom is -0.466 e. The molecule has 0 aromatic carbocycles. The zero-order valence-corrected chi connectivity index (χ0v) is 11.6. The number of rotatable bonds is 6. The highest BCUT2D eigenvalue weighted by molar-refractivity contribution is 5.87. The van der Waals surface area contributed by atoms with Crippen molar-refractivity contribution in [1.29, 1.82) is 0 Å². The summed E-state index contributed by atoms with van der Waals surface area (Å²) in [6, 6.07) is -0.651. The first-order valence-electron chi connectivity index (χ1n) is 5.79. The number of carbonyl (C=O) groups is 2. The van der Waals surface area contributed by atoms with Crippen LogP contribution >= 0.6 is 0 Å². The summed E-state index contributed by atoms with van der Waals surface area (Å²) < 4.78 is 9.98. The van der Waals surface area contributed by atoms with Crippen LogP contribution in [0.1, 0.15) is 27.7 Å². The molecule has 0 N–H and O–H groups in total. The molecule has 0 bridgehead atoms. The van der Waals surface area contributed by atoms with Crippen molar-refractivity contribution in [3.8, 4) is 0 Å². The van der Waals surface area contributed by atoms with E-state index in [2.05, 4.69) is 0 Å². The summed E-state index contributed by atoms with van der Waals surface area (Å²) in [5.41, 5.74) is -0.939. The number of hydrogen-bond acceptors (Lipinski definition) is 5. The smallest absolute Gasteiger partial charge is 0.324 e. The molecule has 0 spiro atoms. The van der Waals surface area contributed by atoms with E-state index in [1.807, 2.05) is 0 Å². The molecule has 0 saturated carbocycles. The minimum atomic E-state index is -0.939. The highest BCUT2D eigenvalue weighted by Gasteiger charge is 2.44. The van der Waals surface area contributed by atoms with E-state index in [1.54, 1.807) is 46.7 Å². The predicted octanol–water partition coefficient (Wildman–Crippen LogP) is 1.07. The summed E-state index contributed by atoms with van der Waals surface area (Å²) >= 11 is 0. The van der Waals surface area contributed by atoms with Crippen LogP contribution in [0.5, 0.6) is 0 Å². The molecule has 0 aromatic rings. The van der Waals surface area contributed by atoms with Crippen molar-refractivity contribution in [1.82, 2.24) is 4.90 Å². The summed E-state index contributed by atoms with van der Waals surface area (Å²) in [5, 5.41) is 0. The van der Waals surface area contributed by atoms with Crippen molar-refractivity contribution in [3.05, 3.63) is 0 Å². The third-order valence-corrected chi connectivity index (χ3v) is 2.51. The molecular formula is C12H23NO4. The van der Waals surface area contributed by atoms with Gasteiger partial charge in [-0.2, -0.15) is 0 Å². The predicted molar refractivity (Wildman–Crippen MR) is 64.5 cm³/mol. The Hall–Kier alpha value is -1.10. The van der Waals surface area contributed by atoms with Crippen molar-refractivity contribution in [3.63, 3.8) is 0 Å². The zero-order chi connectivity index (χ0) is 13.6. The average Bonchev–Trinajstić information content (AvgIpc) is 2.17. The number of carbonyl (C=O) groups excluding carboxylic acids is 2. The Labute approximate surface area is 103 Å². The normalized spacial score (nSPS) is 13.4. The molecule has 0 aliphatic carbocycles. The van der Waals surface area contributed by atoms with Gasteiger partial charge in [-0.05, 0) is 41.8 Å². The quantitative estimate of drug-likeness (QED) is 0.655. The molecule has 0 aliphatic heterocycles. The molecule has 0 aliphatic rings. The monoisotopic (exact) mass is 245 g/mol. The number of ether oxygens (including phenoxy) is 2. The second-order valence-electron chi connectivity index (χ2n) is 4.56. The zero-order valence-electron chi connectivity index (χ0n) is 11.6. The number of nitrogens with zero attached hydrogens (tertiary/aromatic N) is 1. The van der Waals surface area contributed by atoms with Crippen LogP contribution in [-0.2, 0) is 19.1 Å². The van der Waals surface area contributed by atoms with Crippen LogP contribution in [0.4, 0.5) is 0 Å². The largest absolute Gasteiger partial charge is 0.466 e. The molecule has 0 rings (SSSR count). The van der Waals surface area contributed by atoms with Gasteiger partial charge in [0.25, 0.3) is 0 Å². The van der Waals surface area contributed by atoms with Crippen molar-refractivity contribution in [2.45, 2.75) is 33.7 Å². The molecule has 0 saturated heterocycles. The highest BCUT2D eigenvalue weighted by atomic mass is 16.5. The van der Waals surface area contributed by atoms with Gasteiger partial charge in [0.2, 0.25) is 0 Å². The van der Waals surface area contributed by atoms with Gasteiger partial charge in [-0.25, -0.2) is 0 Å². The molecule has 1 atom stereocenters. The molecule has 17 heavy (non-hydrogen) atoms. The Morgan fingerprint density at radius 2 is 1.59 bits per heavy atom. The molecule has 100 valence electrons. The maximum Gasteiger partial charge on any atom is 0.324 e. The summed E-state index contributed by atoms with van der Waals surface area (Å²) in [7, 11) is 3.48. The van der Waals surface area contributed by atoms with Gasteiger partial charge >= 0.3 is 11.9 Å². The lowest BCUT2D eigenvalue weighted by atomic mass is 9.83. The van der Waals surface area contributed by atoms with Crippen LogP contribution in [0.3, 0.4) is 0 Å². The molecular weight excluding hydrogens is 222 g/mol. The van der Waals surface area contributed by atoms with Crippen molar-refractivity contribution < 1.29 is 19.1 Å². The molecule has 0 aromatic heterocycles. The van der Waals surface area contributed by atoms with Crippen LogP contribution in [0, 0.1) is 5.41 Å². The fraction of sp³-hybridized carbons (Fsp3) is 0.833. The first kappa shape index (κ1) is 15.9. The van der Waals surface area contributed by atoms with Crippen LogP contribution in [0.15, 0.2) is 0 Å². The standard InChI is InChI=1S/C12H23NO4/c1-7-16-10(14)9(13(5)6)12(3,4)11(15)17-8-2/h9H,7-8H2,1-6H3. The SMILES string of the molecule is CCOC(=O)C(N(C)C)C(C)(C)C(=O)OCC. The van der Waals surface area contributed by atoms with Gasteiger partial charge in [0.05, 0.1) is 18.6 Å². The lowest BCUT2D eigenvalue weighted by Crippen LogP contribution is -2.52. The van der Waals surface area contributed by atoms with Crippen LogP contribution < -0.4 is 0 Å². The van der Waals surface area contributed by atoms with Gasteiger partial charge in [0.1, 0.15) is 6.04 Å². The molecule has 0 fully saturated rings. The lowest BCUT2D eigenvalue weighted by Gasteiger charge is -2.34. The van der Waals surface area contributed by atoms with Crippen molar-refractivity contribution >= 4 is 11.9 Å². The van der Waals surface area contributed by atoms with E-state index in [9.17, 15) is 9.59 Å². The number of hydrogen-bond donors (Lipinski definition) is 0. The molecule has 0 heterocycles. The fourth-order valence-electron chi connectivity index (χ4n) is 1.80. The molecule has 5 nitrogen and oxygen atoms in total. The third-order valence-electron chi connectivity index (χ3n) is 2.51. The maximum absolute atomic E-state index is 11.9. The Kier molecular flexibility index (Phi) is 6.16. The topological polar surface area (TPSA) is 55.8 Å². The first-order chi connectivity index (χ1) is 7.78. The first-order valence-corrected chi connectivity index (χ1v) is 5.79. The van der Waals surface area contributed by atoms with E-state index in [1.165, 1.54) is 0 Å². The Morgan fingerprint density at radius 3 is 1.94 bits per heavy atom. The Morgan fingerprint density at radius 1 is 1.12 bits per heavy atom. The third kappa shape index (κ3) is 4.00. The lowest BCUT2D eigenvalue weighted by molar-refractivity contribution is -0.167. The van der Waals surface area contributed by atoms with Crippen LogP contribution in [-0.4, -0.2) is 50.2 Å². The number of likely N-dealkylation sites (N-methyl/N-ethyl adjacent to an activating group) is 1. The van der Waals surface area contributed by atoms with Gasteiger partial charge in [-0.3, -0.25) is 14.5 Å². The molecule has 1 unspecified atom stereocenters. The van der Waals surface area contributed by atoms with E-state index in [0.29, 0.717) is 13.2 Å². The Bertz CT molecular complexity index is 274. The highest BCUT2D eigenvalue weighted by Crippen LogP contribution is 2.27. The summed E-state index contributed by atoms with van der Waals surface area (Å²) in [5.74, 6) is -0.803. The summed E-state index contributed by atoms with van der Waals surface area (Å²) in [6.07, 6.45) is 0. The van der Waals surface area contributed by atoms with Crippen LogP contribution in [0.2, 0.25) is 0 Å². The van der Waals surface area contributed by atoms with E-state index < -0.39 is 23.4 Å². The molecule has 5 heteroatoms. The van der Waals surface area contributed by atoms with Crippen LogP contribution in [0.25, 0.3) is 0 Å². The van der Waals surface area contributed by atoms with Crippen molar-refractivity contribution in [2.24, 2.45) is 5.41 Å². The van der Waals surface area contributed by atoms with Gasteiger partial charge in [0.15, 0.2) is 0 Å². The second kappa shape index (κ2) is 6.59. The second-order valence-corrected chi connectivity index (χ2v) is 4.56. The van der Waals surface area contributed by atoms with E-state index in [-0.39, 0.29) is 0 Å².